The molecule has 1 heterocycles. The van der Waals surface area contributed by atoms with Crippen molar-refractivity contribution in [2.24, 2.45) is 0 Å². The highest BCUT2D eigenvalue weighted by molar-refractivity contribution is 7.10. The molecule has 4 heteroatoms. The second-order valence-corrected chi connectivity index (χ2v) is 5.24. The first-order chi connectivity index (χ1) is 8.66. The standard InChI is InChI=1S/C14H16FNOS/c1-10(14(17)13-3-2-8-18-13)16-9-11-4-6-12(15)7-5-11/h2-8,10,14,16-17H,9H2,1H3. The number of hydrogen-bond acceptors (Lipinski definition) is 3. The predicted octanol–water partition coefficient (Wildman–Crippen LogP) is 3.10. The maximum atomic E-state index is 12.7. The Labute approximate surface area is 110 Å². The van der Waals surface area contributed by atoms with Gasteiger partial charge in [-0.1, -0.05) is 18.2 Å². The zero-order valence-corrected chi connectivity index (χ0v) is 11.0. The van der Waals surface area contributed by atoms with E-state index >= 15 is 0 Å². The van der Waals surface area contributed by atoms with Crippen LogP contribution in [0.3, 0.4) is 0 Å². The summed E-state index contributed by atoms with van der Waals surface area (Å²) < 4.78 is 12.7. The van der Waals surface area contributed by atoms with Crippen molar-refractivity contribution < 1.29 is 9.50 Å². The van der Waals surface area contributed by atoms with Crippen LogP contribution in [0.15, 0.2) is 41.8 Å². The number of hydrogen-bond donors (Lipinski definition) is 2. The van der Waals surface area contributed by atoms with Gasteiger partial charge in [-0.15, -0.1) is 11.3 Å². The number of halogens is 1. The second kappa shape index (κ2) is 6.09. The van der Waals surface area contributed by atoms with Crippen molar-refractivity contribution in [2.45, 2.75) is 25.6 Å². The normalized spacial score (nSPS) is 14.4. The molecule has 0 amide bonds. The number of aliphatic hydroxyl groups excluding tert-OH is 1. The van der Waals surface area contributed by atoms with Crippen LogP contribution in [0.5, 0.6) is 0 Å². The van der Waals surface area contributed by atoms with E-state index in [1.54, 1.807) is 23.5 Å². The van der Waals surface area contributed by atoms with E-state index in [-0.39, 0.29) is 11.9 Å². The molecule has 1 aromatic heterocycles. The van der Waals surface area contributed by atoms with E-state index in [1.165, 1.54) is 12.1 Å². The molecule has 0 bridgehead atoms. The molecule has 2 rings (SSSR count). The van der Waals surface area contributed by atoms with Gasteiger partial charge in [0.2, 0.25) is 0 Å². The first-order valence-corrected chi connectivity index (χ1v) is 6.74. The number of aliphatic hydroxyl groups is 1. The van der Waals surface area contributed by atoms with Crippen molar-refractivity contribution in [3.05, 3.63) is 58.0 Å². The van der Waals surface area contributed by atoms with Crippen LogP contribution in [0.4, 0.5) is 4.39 Å². The number of thiophene rings is 1. The topological polar surface area (TPSA) is 32.3 Å². The van der Waals surface area contributed by atoms with E-state index < -0.39 is 6.10 Å². The first kappa shape index (κ1) is 13.2. The smallest absolute Gasteiger partial charge is 0.123 e. The number of benzene rings is 1. The highest BCUT2D eigenvalue weighted by Gasteiger charge is 2.16. The summed E-state index contributed by atoms with van der Waals surface area (Å²) in [5.74, 6) is -0.231. The van der Waals surface area contributed by atoms with E-state index in [4.69, 9.17) is 0 Å². The van der Waals surface area contributed by atoms with Gasteiger partial charge in [-0.25, -0.2) is 4.39 Å². The minimum Gasteiger partial charge on any atom is -0.386 e. The molecule has 0 spiro atoms. The Hall–Kier alpha value is -1.23. The quantitative estimate of drug-likeness (QED) is 0.870. The zero-order chi connectivity index (χ0) is 13.0. The fourth-order valence-corrected chi connectivity index (χ4v) is 2.51. The average Bonchev–Trinajstić information content (AvgIpc) is 2.90. The van der Waals surface area contributed by atoms with E-state index in [0.29, 0.717) is 6.54 Å². The fraction of sp³-hybridized carbons (Fsp3) is 0.286. The summed E-state index contributed by atoms with van der Waals surface area (Å²) in [4.78, 5) is 0.953. The van der Waals surface area contributed by atoms with Crippen LogP contribution < -0.4 is 5.32 Å². The van der Waals surface area contributed by atoms with Crippen LogP contribution in [-0.4, -0.2) is 11.1 Å². The zero-order valence-electron chi connectivity index (χ0n) is 10.1. The van der Waals surface area contributed by atoms with E-state index in [9.17, 15) is 9.50 Å². The Morgan fingerprint density at radius 3 is 2.61 bits per heavy atom. The van der Waals surface area contributed by atoms with Crippen LogP contribution in [0, 0.1) is 5.82 Å². The lowest BCUT2D eigenvalue weighted by Gasteiger charge is -2.19. The summed E-state index contributed by atoms with van der Waals surface area (Å²) in [5, 5.41) is 15.3. The molecular formula is C14H16FNOS. The van der Waals surface area contributed by atoms with Crippen LogP contribution in [0.1, 0.15) is 23.5 Å². The van der Waals surface area contributed by atoms with E-state index in [1.807, 2.05) is 24.4 Å². The molecule has 0 saturated heterocycles. The van der Waals surface area contributed by atoms with Crippen molar-refractivity contribution in [3.63, 3.8) is 0 Å². The molecule has 2 atom stereocenters. The third-order valence-corrected chi connectivity index (χ3v) is 3.79. The summed E-state index contributed by atoms with van der Waals surface area (Å²) in [6.07, 6.45) is -0.509. The fourth-order valence-electron chi connectivity index (χ4n) is 1.70. The largest absolute Gasteiger partial charge is 0.386 e. The molecule has 2 N–H and O–H groups in total. The highest BCUT2D eigenvalue weighted by Crippen LogP contribution is 2.21. The van der Waals surface area contributed by atoms with Gasteiger partial charge >= 0.3 is 0 Å². The van der Waals surface area contributed by atoms with Crippen molar-refractivity contribution in [1.29, 1.82) is 0 Å². The lowest BCUT2D eigenvalue weighted by atomic mass is 10.1. The minimum atomic E-state index is -0.509. The van der Waals surface area contributed by atoms with Crippen LogP contribution in [-0.2, 0) is 6.54 Å². The summed E-state index contributed by atoms with van der Waals surface area (Å²) >= 11 is 1.54. The number of rotatable bonds is 5. The van der Waals surface area contributed by atoms with Gasteiger partial charge in [0.25, 0.3) is 0 Å². The van der Waals surface area contributed by atoms with Gasteiger partial charge < -0.3 is 10.4 Å². The van der Waals surface area contributed by atoms with Crippen LogP contribution >= 0.6 is 11.3 Å². The molecule has 0 saturated carbocycles. The maximum absolute atomic E-state index is 12.7. The molecule has 0 aliphatic rings. The van der Waals surface area contributed by atoms with Crippen molar-refractivity contribution in [3.8, 4) is 0 Å². The maximum Gasteiger partial charge on any atom is 0.123 e. The highest BCUT2D eigenvalue weighted by atomic mass is 32.1. The number of nitrogens with one attached hydrogen (secondary N) is 1. The Kier molecular flexibility index (Phi) is 4.47. The monoisotopic (exact) mass is 265 g/mol. The summed E-state index contributed by atoms with van der Waals surface area (Å²) in [7, 11) is 0. The summed E-state index contributed by atoms with van der Waals surface area (Å²) in [6, 6.07) is 10.2. The van der Waals surface area contributed by atoms with Gasteiger partial charge in [0.1, 0.15) is 11.9 Å². The summed E-state index contributed by atoms with van der Waals surface area (Å²) in [5.41, 5.74) is 1.00. The molecule has 1 aromatic carbocycles. The van der Waals surface area contributed by atoms with Gasteiger partial charge in [0, 0.05) is 17.5 Å². The minimum absolute atomic E-state index is 0.0475. The van der Waals surface area contributed by atoms with Gasteiger partial charge in [-0.3, -0.25) is 0 Å². The molecule has 2 nitrogen and oxygen atoms in total. The third kappa shape index (κ3) is 3.38. The molecule has 2 aromatic rings. The van der Waals surface area contributed by atoms with Gasteiger partial charge in [0.15, 0.2) is 0 Å². The Morgan fingerprint density at radius 2 is 2.00 bits per heavy atom. The SMILES string of the molecule is CC(NCc1ccc(F)cc1)C(O)c1cccs1. The lowest BCUT2D eigenvalue weighted by Crippen LogP contribution is -2.31. The van der Waals surface area contributed by atoms with E-state index in [2.05, 4.69) is 5.32 Å². The summed E-state index contributed by atoms with van der Waals surface area (Å²) in [6.45, 7) is 2.55. The molecule has 2 unspecified atom stereocenters. The van der Waals surface area contributed by atoms with Gasteiger partial charge in [-0.2, -0.15) is 0 Å². The average molecular weight is 265 g/mol. The third-order valence-electron chi connectivity index (χ3n) is 2.85. The predicted molar refractivity (Wildman–Crippen MR) is 72.0 cm³/mol. The molecule has 0 aliphatic carbocycles. The first-order valence-electron chi connectivity index (χ1n) is 5.86. The van der Waals surface area contributed by atoms with Gasteiger partial charge in [0.05, 0.1) is 0 Å². The van der Waals surface area contributed by atoms with E-state index in [0.717, 1.165) is 10.4 Å². The van der Waals surface area contributed by atoms with Crippen molar-refractivity contribution in [1.82, 2.24) is 5.32 Å². The molecule has 0 aliphatic heterocycles. The lowest BCUT2D eigenvalue weighted by molar-refractivity contribution is 0.139. The van der Waals surface area contributed by atoms with Crippen molar-refractivity contribution >= 4 is 11.3 Å². The van der Waals surface area contributed by atoms with Gasteiger partial charge in [-0.05, 0) is 36.1 Å². The Balaban J connectivity index is 1.88. The molecule has 0 fully saturated rings. The molecule has 18 heavy (non-hydrogen) atoms. The Bertz CT molecular complexity index is 469. The molecular weight excluding hydrogens is 249 g/mol. The molecule has 0 radical (unpaired) electrons. The van der Waals surface area contributed by atoms with Crippen molar-refractivity contribution in [2.75, 3.05) is 0 Å². The second-order valence-electron chi connectivity index (χ2n) is 4.26. The van der Waals surface area contributed by atoms with Crippen LogP contribution in [0.2, 0.25) is 0 Å². The molecule has 96 valence electrons. The Morgan fingerprint density at radius 1 is 1.28 bits per heavy atom. The van der Waals surface area contributed by atoms with Crippen LogP contribution in [0.25, 0.3) is 0 Å².